The molecule has 0 spiro atoms. The first-order chi connectivity index (χ1) is 10.1. The lowest BCUT2D eigenvalue weighted by Crippen LogP contribution is -2.27. The van der Waals surface area contributed by atoms with Gasteiger partial charge in [0.1, 0.15) is 23.1 Å². The van der Waals surface area contributed by atoms with Gasteiger partial charge in [-0.2, -0.15) is 5.10 Å². The quantitative estimate of drug-likeness (QED) is 0.796. The lowest BCUT2D eigenvalue weighted by Gasteiger charge is -2.16. The summed E-state index contributed by atoms with van der Waals surface area (Å²) in [7, 11) is 1.69. The maximum Gasteiger partial charge on any atom is 0.254 e. The fourth-order valence-corrected chi connectivity index (χ4v) is 2.00. The van der Waals surface area contributed by atoms with Gasteiger partial charge >= 0.3 is 0 Å². The minimum Gasteiger partial charge on any atom is -0.370 e. The van der Waals surface area contributed by atoms with Gasteiger partial charge in [0.25, 0.3) is 5.91 Å². The molecule has 1 amide bonds. The molecular weight excluding hydrogens is 292 g/mol. The van der Waals surface area contributed by atoms with Crippen LogP contribution in [0, 0.1) is 0 Å². The standard InChI is InChI=1S/C13H17ClN6O/c1-3-4-15-11-6-9(5-10(14)18-11)13(21)20(2)7-12-16-8-17-19-12/h5-6,8H,3-4,7H2,1-2H3,(H,15,18)(H,16,17,19). The number of carbonyl (C=O) groups excluding carboxylic acids is 1. The van der Waals surface area contributed by atoms with E-state index in [-0.39, 0.29) is 11.1 Å². The summed E-state index contributed by atoms with van der Waals surface area (Å²) < 4.78 is 0. The van der Waals surface area contributed by atoms with E-state index in [0.29, 0.717) is 23.8 Å². The van der Waals surface area contributed by atoms with Crippen LogP contribution in [0.25, 0.3) is 0 Å². The number of rotatable bonds is 6. The molecule has 0 aliphatic carbocycles. The van der Waals surface area contributed by atoms with Crippen LogP contribution in [-0.4, -0.2) is 44.6 Å². The van der Waals surface area contributed by atoms with E-state index in [9.17, 15) is 4.79 Å². The minimum atomic E-state index is -0.157. The topological polar surface area (TPSA) is 86.8 Å². The van der Waals surface area contributed by atoms with Gasteiger partial charge in [0.15, 0.2) is 0 Å². The van der Waals surface area contributed by atoms with Crippen molar-refractivity contribution in [3.05, 3.63) is 35.0 Å². The lowest BCUT2D eigenvalue weighted by molar-refractivity contribution is 0.0781. The second kappa shape index (κ2) is 7.03. The van der Waals surface area contributed by atoms with E-state index in [4.69, 9.17) is 11.6 Å². The van der Waals surface area contributed by atoms with E-state index < -0.39 is 0 Å². The van der Waals surface area contributed by atoms with Crippen LogP contribution in [0.1, 0.15) is 29.5 Å². The summed E-state index contributed by atoms with van der Waals surface area (Å²) in [6, 6.07) is 3.25. The van der Waals surface area contributed by atoms with Gasteiger partial charge in [-0.15, -0.1) is 0 Å². The molecule has 0 aromatic carbocycles. The lowest BCUT2D eigenvalue weighted by atomic mass is 10.2. The highest BCUT2D eigenvalue weighted by atomic mass is 35.5. The zero-order chi connectivity index (χ0) is 15.2. The SMILES string of the molecule is CCCNc1cc(C(=O)N(C)Cc2ncn[nH]2)cc(Cl)n1. The molecule has 2 heterocycles. The highest BCUT2D eigenvalue weighted by Gasteiger charge is 2.15. The van der Waals surface area contributed by atoms with Crippen LogP contribution in [0.15, 0.2) is 18.5 Å². The number of aromatic amines is 1. The first-order valence-electron chi connectivity index (χ1n) is 6.61. The molecule has 0 aliphatic heterocycles. The molecule has 0 radical (unpaired) electrons. The molecule has 0 saturated heterocycles. The Labute approximate surface area is 127 Å². The molecule has 2 aromatic rings. The first-order valence-corrected chi connectivity index (χ1v) is 6.99. The molecule has 8 heteroatoms. The second-order valence-electron chi connectivity index (χ2n) is 4.58. The van der Waals surface area contributed by atoms with E-state index >= 15 is 0 Å². The van der Waals surface area contributed by atoms with Gasteiger partial charge in [0.05, 0.1) is 6.54 Å². The third-order valence-electron chi connectivity index (χ3n) is 2.80. The van der Waals surface area contributed by atoms with E-state index in [2.05, 4.69) is 32.4 Å². The summed E-state index contributed by atoms with van der Waals surface area (Å²) in [6.45, 7) is 3.17. The fraction of sp³-hybridized carbons (Fsp3) is 0.385. The van der Waals surface area contributed by atoms with Gasteiger partial charge in [-0.3, -0.25) is 9.89 Å². The number of aromatic nitrogens is 4. The Morgan fingerprint density at radius 2 is 2.29 bits per heavy atom. The van der Waals surface area contributed by atoms with Crippen molar-refractivity contribution in [2.45, 2.75) is 19.9 Å². The number of carbonyl (C=O) groups is 1. The highest BCUT2D eigenvalue weighted by Crippen LogP contribution is 2.16. The Balaban J connectivity index is 2.12. The fourth-order valence-electron chi connectivity index (χ4n) is 1.79. The summed E-state index contributed by atoms with van der Waals surface area (Å²) >= 11 is 5.97. The number of halogens is 1. The molecule has 21 heavy (non-hydrogen) atoms. The summed E-state index contributed by atoms with van der Waals surface area (Å²) in [6.07, 6.45) is 2.37. The molecule has 0 fully saturated rings. The van der Waals surface area contributed by atoms with E-state index in [0.717, 1.165) is 13.0 Å². The predicted octanol–water partition coefficient (Wildman–Crippen LogP) is 1.95. The average molecular weight is 309 g/mol. The maximum absolute atomic E-state index is 12.4. The monoisotopic (exact) mass is 308 g/mol. The average Bonchev–Trinajstić information content (AvgIpc) is 2.96. The molecule has 2 aromatic heterocycles. The zero-order valence-corrected chi connectivity index (χ0v) is 12.7. The molecular formula is C13H17ClN6O. The van der Waals surface area contributed by atoms with Gasteiger partial charge in [0, 0.05) is 19.2 Å². The summed E-state index contributed by atoms with van der Waals surface area (Å²) in [5.41, 5.74) is 0.482. The summed E-state index contributed by atoms with van der Waals surface area (Å²) in [4.78, 5) is 22.1. The smallest absolute Gasteiger partial charge is 0.254 e. The third kappa shape index (κ3) is 4.16. The Morgan fingerprint density at radius 1 is 1.48 bits per heavy atom. The molecule has 112 valence electrons. The van der Waals surface area contributed by atoms with Crippen molar-refractivity contribution in [1.82, 2.24) is 25.1 Å². The van der Waals surface area contributed by atoms with Gasteiger partial charge in [-0.05, 0) is 18.6 Å². The Bertz CT molecular complexity index is 601. The van der Waals surface area contributed by atoms with Crippen LogP contribution in [0.2, 0.25) is 5.15 Å². The van der Waals surface area contributed by atoms with Crippen molar-refractivity contribution in [3.63, 3.8) is 0 Å². The number of anilines is 1. The maximum atomic E-state index is 12.4. The molecule has 0 aliphatic rings. The van der Waals surface area contributed by atoms with Crippen LogP contribution >= 0.6 is 11.6 Å². The molecule has 0 atom stereocenters. The van der Waals surface area contributed by atoms with Crippen molar-refractivity contribution in [2.24, 2.45) is 0 Å². The van der Waals surface area contributed by atoms with Crippen molar-refractivity contribution >= 4 is 23.3 Å². The Hall–Kier alpha value is -2.15. The van der Waals surface area contributed by atoms with Crippen LogP contribution in [0.3, 0.4) is 0 Å². The number of hydrogen-bond donors (Lipinski definition) is 2. The number of hydrogen-bond acceptors (Lipinski definition) is 5. The molecule has 0 unspecified atom stereocenters. The van der Waals surface area contributed by atoms with E-state index in [1.165, 1.54) is 11.2 Å². The van der Waals surface area contributed by atoms with Gasteiger partial charge < -0.3 is 10.2 Å². The van der Waals surface area contributed by atoms with Crippen molar-refractivity contribution < 1.29 is 4.79 Å². The number of pyridine rings is 1. The summed E-state index contributed by atoms with van der Waals surface area (Å²) in [5, 5.41) is 9.88. The second-order valence-corrected chi connectivity index (χ2v) is 4.97. The van der Waals surface area contributed by atoms with Crippen LogP contribution in [-0.2, 0) is 6.54 Å². The van der Waals surface area contributed by atoms with Crippen LogP contribution in [0.4, 0.5) is 5.82 Å². The highest BCUT2D eigenvalue weighted by molar-refractivity contribution is 6.29. The molecule has 7 nitrogen and oxygen atoms in total. The van der Waals surface area contributed by atoms with Gasteiger partial charge in [0.2, 0.25) is 0 Å². The van der Waals surface area contributed by atoms with E-state index in [1.54, 1.807) is 19.2 Å². The number of amides is 1. The zero-order valence-electron chi connectivity index (χ0n) is 11.9. The first kappa shape index (κ1) is 15.2. The van der Waals surface area contributed by atoms with Gasteiger partial charge in [-0.1, -0.05) is 18.5 Å². The Morgan fingerprint density at radius 3 is 2.95 bits per heavy atom. The molecule has 2 N–H and O–H groups in total. The minimum absolute atomic E-state index is 0.157. The van der Waals surface area contributed by atoms with Crippen molar-refractivity contribution in [3.8, 4) is 0 Å². The normalized spacial score (nSPS) is 10.4. The number of H-pyrrole nitrogens is 1. The Kier molecular flexibility index (Phi) is 5.10. The van der Waals surface area contributed by atoms with Crippen molar-refractivity contribution in [2.75, 3.05) is 18.9 Å². The molecule has 0 bridgehead atoms. The largest absolute Gasteiger partial charge is 0.370 e. The molecule has 2 rings (SSSR count). The molecule has 0 saturated carbocycles. The van der Waals surface area contributed by atoms with Crippen LogP contribution < -0.4 is 5.32 Å². The third-order valence-corrected chi connectivity index (χ3v) is 2.99. The van der Waals surface area contributed by atoms with Crippen LogP contribution in [0.5, 0.6) is 0 Å². The van der Waals surface area contributed by atoms with Gasteiger partial charge in [-0.25, -0.2) is 9.97 Å². The predicted molar refractivity (Wildman–Crippen MR) is 80.2 cm³/mol. The van der Waals surface area contributed by atoms with E-state index in [1.807, 2.05) is 0 Å². The van der Waals surface area contributed by atoms with Crippen molar-refractivity contribution in [1.29, 1.82) is 0 Å². The summed E-state index contributed by atoms with van der Waals surface area (Å²) in [5.74, 6) is 1.06. The number of nitrogens with zero attached hydrogens (tertiary/aromatic N) is 4. The number of nitrogens with one attached hydrogen (secondary N) is 2.